The Hall–Kier alpha value is -0.240. The largest absolute Gasteiger partial charge is 0.394 e. The number of ether oxygens (including phenoxy) is 3. The normalized spacial score (nSPS) is 13.1. The standard InChI is InChI=1S/C8H17O6/c9-1-3-12-5-6-14-8(7-11)13-4-2-10/h8-10H,1-7H2. The number of hydrogen-bond acceptors (Lipinski definition) is 5. The Bertz CT molecular complexity index is 110. The van der Waals surface area contributed by atoms with Crippen LogP contribution in [0.3, 0.4) is 0 Å². The minimum absolute atomic E-state index is 0.0357. The summed E-state index contributed by atoms with van der Waals surface area (Å²) in [5, 5.41) is 27.2. The molecule has 0 aromatic rings. The van der Waals surface area contributed by atoms with E-state index in [2.05, 4.69) is 0 Å². The molecule has 2 N–H and O–H groups in total. The summed E-state index contributed by atoms with van der Waals surface area (Å²) >= 11 is 0. The van der Waals surface area contributed by atoms with Crippen LogP contribution < -0.4 is 0 Å². The summed E-state index contributed by atoms with van der Waals surface area (Å²) in [6.07, 6.45) is -0.833. The summed E-state index contributed by atoms with van der Waals surface area (Å²) < 4.78 is 14.7. The molecule has 0 aliphatic carbocycles. The fourth-order valence-corrected chi connectivity index (χ4v) is 0.734. The van der Waals surface area contributed by atoms with Gasteiger partial charge in [0.05, 0.1) is 39.6 Å². The third-order valence-electron chi connectivity index (χ3n) is 1.30. The minimum atomic E-state index is -0.833. The summed E-state index contributed by atoms with van der Waals surface area (Å²) in [7, 11) is 0. The molecule has 0 spiro atoms. The van der Waals surface area contributed by atoms with Gasteiger partial charge >= 0.3 is 0 Å². The summed E-state index contributed by atoms with van der Waals surface area (Å²) in [5.41, 5.74) is 0. The van der Waals surface area contributed by atoms with E-state index in [1.54, 1.807) is 0 Å². The molecule has 0 amide bonds. The second-order valence-electron chi connectivity index (χ2n) is 2.40. The average molecular weight is 209 g/mol. The first-order valence-electron chi connectivity index (χ1n) is 4.46. The molecule has 0 saturated heterocycles. The van der Waals surface area contributed by atoms with E-state index < -0.39 is 12.9 Å². The number of aliphatic hydroxyl groups excluding tert-OH is 2. The number of aliphatic hydroxyl groups is 2. The fourth-order valence-electron chi connectivity index (χ4n) is 0.734. The van der Waals surface area contributed by atoms with Crippen molar-refractivity contribution in [2.75, 3.05) is 46.2 Å². The highest BCUT2D eigenvalue weighted by Gasteiger charge is 2.07. The lowest BCUT2D eigenvalue weighted by Gasteiger charge is -2.14. The Morgan fingerprint density at radius 3 is 2.14 bits per heavy atom. The van der Waals surface area contributed by atoms with E-state index in [0.29, 0.717) is 6.61 Å². The maximum absolute atomic E-state index is 10.4. The van der Waals surface area contributed by atoms with E-state index >= 15 is 0 Å². The third-order valence-corrected chi connectivity index (χ3v) is 1.30. The summed E-state index contributed by atoms with van der Waals surface area (Å²) in [6, 6.07) is 0. The molecule has 0 bridgehead atoms. The third kappa shape index (κ3) is 8.36. The monoisotopic (exact) mass is 209 g/mol. The SMILES string of the molecule is [O]CC(OCCO)OCCOCCO. The zero-order valence-electron chi connectivity index (χ0n) is 8.05. The second-order valence-corrected chi connectivity index (χ2v) is 2.40. The lowest BCUT2D eigenvalue weighted by atomic mass is 10.6. The van der Waals surface area contributed by atoms with Gasteiger partial charge in [0.25, 0.3) is 0 Å². The Balaban J connectivity index is 3.24. The van der Waals surface area contributed by atoms with Crippen molar-refractivity contribution in [3.63, 3.8) is 0 Å². The highest BCUT2D eigenvalue weighted by Crippen LogP contribution is 1.93. The minimum Gasteiger partial charge on any atom is -0.394 e. The van der Waals surface area contributed by atoms with E-state index in [0.717, 1.165) is 0 Å². The molecule has 6 nitrogen and oxygen atoms in total. The van der Waals surface area contributed by atoms with E-state index in [1.807, 2.05) is 0 Å². The Morgan fingerprint density at radius 1 is 0.929 bits per heavy atom. The van der Waals surface area contributed by atoms with Crippen LogP contribution >= 0.6 is 0 Å². The van der Waals surface area contributed by atoms with Gasteiger partial charge in [0.1, 0.15) is 6.61 Å². The van der Waals surface area contributed by atoms with Gasteiger partial charge in [-0.3, -0.25) is 0 Å². The zero-order chi connectivity index (χ0) is 10.6. The van der Waals surface area contributed by atoms with Crippen LogP contribution in [0.4, 0.5) is 0 Å². The van der Waals surface area contributed by atoms with Gasteiger partial charge in [0, 0.05) is 0 Å². The van der Waals surface area contributed by atoms with Crippen molar-refractivity contribution < 1.29 is 29.5 Å². The van der Waals surface area contributed by atoms with Crippen molar-refractivity contribution >= 4 is 0 Å². The van der Waals surface area contributed by atoms with Gasteiger partial charge in [-0.15, -0.1) is 0 Å². The van der Waals surface area contributed by atoms with Crippen LogP contribution in [-0.4, -0.2) is 62.8 Å². The molecule has 0 aromatic carbocycles. The highest BCUT2D eigenvalue weighted by molar-refractivity contribution is 4.40. The first kappa shape index (κ1) is 13.8. The first-order valence-corrected chi connectivity index (χ1v) is 4.46. The quantitative estimate of drug-likeness (QED) is 0.348. The van der Waals surface area contributed by atoms with Crippen LogP contribution in [0.2, 0.25) is 0 Å². The molecule has 0 aliphatic heterocycles. The van der Waals surface area contributed by atoms with Crippen molar-refractivity contribution in [3.8, 4) is 0 Å². The zero-order valence-corrected chi connectivity index (χ0v) is 8.05. The second kappa shape index (κ2) is 10.8. The molecule has 0 aromatic heterocycles. The van der Waals surface area contributed by atoms with Crippen molar-refractivity contribution in [3.05, 3.63) is 0 Å². The fraction of sp³-hybridized carbons (Fsp3) is 1.00. The van der Waals surface area contributed by atoms with Crippen LogP contribution in [-0.2, 0) is 19.3 Å². The molecule has 0 heterocycles. The van der Waals surface area contributed by atoms with Gasteiger partial charge in [0.2, 0.25) is 0 Å². The predicted octanol–water partition coefficient (Wildman–Crippen LogP) is -1.22. The molecule has 6 heteroatoms. The summed E-state index contributed by atoms with van der Waals surface area (Å²) in [5.74, 6) is 0. The van der Waals surface area contributed by atoms with E-state index in [4.69, 9.17) is 24.4 Å². The van der Waals surface area contributed by atoms with E-state index in [1.165, 1.54) is 0 Å². The van der Waals surface area contributed by atoms with Crippen LogP contribution in [0.5, 0.6) is 0 Å². The topological polar surface area (TPSA) is 88.1 Å². The van der Waals surface area contributed by atoms with Gasteiger partial charge in [-0.25, -0.2) is 5.11 Å². The lowest BCUT2D eigenvalue weighted by Crippen LogP contribution is -2.24. The van der Waals surface area contributed by atoms with Crippen LogP contribution in [0.1, 0.15) is 0 Å². The van der Waals surface area contributed by atoms with Crippen LogP contribution in [0, 0.1) is 0 Å². The molecule has 14 heavy (non-hydrogen) atoms. The smallest absolute Gasteiger partial charge is 0.184 e. The van der Waals surface area contributed by atoms with Gasteiger partial charge < -0.3 is 24.4 Å². The molecule has 1 radical (unpaired) electrons. The molecule has 0 fully saturated rings. The number of hydrogen-bond donors (Lipinski definition) is 2. The molecule has 1 atom stereocenters. The van der Waals surface area contributed by atoms with Gasteiger partial charge in [-0.05, 0) is 0 Å². The van der Waals surface area contributed by atoms with Crippen molar-refractivity contribution in [1.29, 1.82) is 0 Å². The van der Waals surface area contributed by atoms with E-state index in [9.17, 15) is 5.11 Å². The van der Waals surface area contributed by atoms with Crippen molar-refractivity contribution in [2.24, 2.45) is 0 Å². The van der Waals surface area contributed by atoms with Crippen LogP contribution in [0.15, 0.2) is 0 Å². The Labute approximate surface area is 83.0 Å². The molecule has 85 valence electrons. The van der Waals surface area contributed by atoms with Crippen molar-refractivity contribution in [2.45, 2.75) is 6.29 Å². The Kier molecular flexibility index (Phi) is 10.7. The first-order chi connectivity index (χ1) is 6.85. The molecular weight excluding hydrogens is 192 g/mol. The highest BCUT2D eigenvalue weighted by atomic mass is 16.7. The van der Waals surface area contributed by atoms with Gasteiger partial charge in [0.15, 0.2) is 6.29 Å². The molecule has 0 rings (SSSR count). The maximum atomic E-state index is 10.4. The molecular formula is C8H17O6. The lowest BCUT2D eigenvalue weighted by molar-refractivity contribution is -0.182. The molecule has 0 saturated carbocycles. The predicted molar refractivity (Wildman–Crippen MR) is 46.2 cm³/mol. The molecule has 0 aliphatic rings. The van der Waals surface area contributed by atoms with Crippen molar-refractivity contribution in [1.82, 2.24) is 0 Å². The Morgan fingerprint density at radius 2 is 1.57 bits per heavy atom. The average Bonchev–Trinajstić information content (AvgIpc) is 2.22. The molecule has 1 unspecified atom stereocenters. The number of rotatable bonds is 10. The van der Waals surface area contributed by atoms with Gasteiger partial charge in [-0.1, -0.05) is 0 Å². The summed E-state index contributed by atoms with van der Waals surface area (Å²) in [6.45, 7) is 0.193. The maximum Gasteiger partial charge on any atom is 0.184 e. The van der Waals surface area contributed by atoms with E-state index in [-0.39, 0.29) is 33.0 Å². The van der Waals surface area contributed by atoms with Crippen LogP contribution in [0.25, 0.3) is 0 Å². The summed E-state index contributed by atoms with van der Waals surface area (Å²) in [4.78, 5) is 0. The van der Waals surface area contributed by atoms with Gasteiger partial charge in [-0.2, -0.15) is 0 Å².